The van der Waals surface area contributed by atoms with Crippen LogP contribution in [-0.2, 0) is 16.5 Å². The van der Waals surface area contributed by atoms with Gasteiger partial charge in [0.1, 0.15) is 11.5 Å². The second-order valence-electron chi connectivity index (χ2n) is 4.45. The Bertz CT molecular complexity index is 665. The minimum absolute atomic E-state index is 0.0549. The van der Waals surface area contributed by atoms with Gasteiger partial charge < -0.3 is 9.29 Å². The van der Waals surface area contributed by atoms with E-state index in [1.54, 1.807) is 13.8 Å². The number of rotatable bonds is 6. The van der Waals surface area contributed by atoms with Gasteiger partial charge in [-0.15, -0.1) is 0 Å². The standard InChI is InChI=1S/C13H15F3O5S/c1-3-5-9-11(21-22(19,20)13(14,15)16)7-6-8(12(9)18)10(17)4-2/h6-7,18H,3-5H2,1-2H3. The van der Waals surface area contributed by atoms with Gasteiger partial charge in [0.15, 0.2) is 5.78 Å². The van der Waals surface area contributed by atoms with E-state index in [-0.39, 0.29) is 24.0 Å². The zero-order chi connectivity index (χ0) is 17.1. The molecule has 0 atom stereocenters. The molecular weight excluding hydrogens is 325 g/mol. The van der Waals surface area contributed by atoms with Gasteiger partial charge in [0.2, 0.25) is 0 Å². The number of phenolic OH excluding ortho intramolecular Hbond substituents is 1. The zero-order valence-corrected chi connectivity index (χ0v) is 12.7. The number of ketones is 1. The second kappa shape index (κ2) is 6.55. The molecule has 1 aromatic carbocycles. The van der Waals surface area contributed by atoms with Crippen LogP contribution in [0.1, 0.15) is 42.6 Å². The lowest BCUT2D eigenvalue weighted by atomic mass is 10.00. The van der Waals surface area contributed by atoms with E-state index in [9.17, 15) is 31.5 Å². The molecule has 0 saturated heterocycles. The van der Waals surface area contributed by atoms with Crippen LogP contribution in [-0.4, -0.2) is 24.8 Å². The lowest BCUT2D eigenvalue weighted by Crippen LogP contribution is -2.28. The van der Waals surface area contributed by atoms with E-state index >= 15 is 0 Å². The SMILES string of the molecule is CCCc1c(OS(=O)(=O)C(F)(F)F)ccc(C(=O)CC)c1O. The fourth-order valence-electron chi connectivity index (χ4n) is 1.77. The summed E-state index contributed by atoms with van der Waals surface area (Å²) >= 11 is 0. The Labute approximate surface area is 125 Å². The topological polar surface area (TPSA) is 80.7 Å². The number of carbonyl (C=O) groups excluding carboxylic acids is 1. The highest BCUT2D eigenvalue weighted by Gasteiger charge is 2.48. The van der Waals surface area contributed by atoms with E-state index < -0.39 is 32.9 Å². The number of phenols is 1. The first-order valence-corrected chi connectivity index (χ1v) is 7.84. The molecule has 5 nitrogen and oxygen atoms in total. The van der Waals surface area contributed by atoms with E-state index in [4.69, 9.17) is 0 Å². The fourth-order valence-corrected chi connectivity index (χ4v) is 2.26. The summed E-state index contributed by atoms with van der Waals surface area (Å²) in [6.07, 6.45) is 0.541. The first-order chi connectivity index (χ1) is 10.0. The van der Waals surface area contributed by atoms with Crippen molar-refractivity contribution in [2.75, 3.05) is 0 Å². The quantitative estimate of drug-likeness (QED) is 0.489. The summed E-state index contributed by atoms with van der Waals surface area (Å²) in [7, 11) is -5.84. The zero-order valence-electron chi connectivity index (χ0n) is 11.9. The molecule has 0 unspecified atom stereocenters. The molecule has 0 heterocycles. The second-order valence-corrected chi connectivity index (χ2v) is 5.99. The molecule has 0 radical (unpaired) electrons. The van der Waals surface area contributed by atoms with Gasteiger partial charge in [-0.3, -0.25) is 4.79 Å². The molecule has 0 spiro atoms. The Balaban J connectivity index is 3.38. The van der Waals surface area contributed by atoms with E-state index in [1.807, 2.05) is 0 Å². The average molecular weight is 340 g/mol. The average Bonchev–Trinajstić information content (AvgIpc) is 2.40. The van der Waals surface area contributed by atoms with Crippen LogP contribution >= 0.6 is 0 Å². The van der Waals surface area contributed by atoms with E-state index in [1.165, 1.54) is 0 Å². The third-order valence-corrected chi connectivity index (χ3v) is 3.81. The number of carbonyl (C=O) groups is 1. The third kappa shape index (κ3) is 3.70. The van der Waals surface area contributed by atoms with Crippen molar-refractivity contribution in [2.24, 2.45) is 0 Å². The summed E-state index contributed by atoms with van der Waals surface area (Å²) in [5.74, 6) is -1.60. The third-order valence-electron chi connectivity index (χ3n) is 2.84. The highest BCUT2D eigenvalue weighted by molar-refractivity contribution is 7.88. The minimum atomic E-state index is -5.84. The fraction of sp³-hybridized carbons (Fsp3) is 0.462. The normalized spacial score (nSPS) is 12.2. The molecule has 0 aliphatic heterocycles. The van der Waals surface area contributed by atoms with Gasteiger partial charge in [0, 0.05) is 12.0 Å². The Morgan fingerprint density at radius 3 is 2.32 bits per heavy atom. The van der Waals surface area contributed by atoms with Crippen molar-refractivity contribution >= 4 is 15.9 Å². The number of hydrogen-bond acceptors (Lipinski definition) is 5. The molecule has 0 bridgehead atoms. The Hall–Kier alpha value is -1.77. The largest absolute Gasteiger partial charge is 0.534 e. The smallest absolute Gasteiger partial charge is 0.507 e. The monoisotopic (exact) mass is 340 g/mol. The molecule has 0 fully saturated rings. The van der Waals surface area contributed by atoms with Gasteiger partial charge in [0.25, 0.3) is 0 Å². The molecule has 1 aromatic rings. The minimum Gasteiger partial charge on any atom is -0.507 e. The van der Waals surface area contributed by atoms with Crippen LogP contribution in [0.25, 0.3) is 0 Å². The molecule has 0 saturated carbocycles. The molecular formula is C13H15F3O5S. The maximum absolute atomic E-state index is 12.4. The van der Waals surface area contributed by atoms with Crippen molar-refractivity contribution in [3.05, 3.63) is 23.3 Å². The number of aromatic hydroxyl groups is 1. The number of halogens is 3. The van der Waals surface area contributed by atoms with Crippen LogP contribution in [0, 0.1) is 0 Å². The summed E-state index contributed by atoms with van der Waals surface area (Å²) < 4.78 is 63.3. The lowest BCUT2D eigenvalue weighted by Gasteiger charge is -2.15. The first-order valence-electron chi connectivity index (χ1n) is 6.43. The maximum Gasteiger partial charge on any atom is 0.534 e. The Morgan fingerprint density at radius 2 is 1.86 bits per heavy atom. The predicted octanol–water partition coefficient (Wildman–Crippen LogP) is 3.17. The molecule has 9 heteroatoms. The van der Waals surface area contributed by atoms with E-state index in [2.05, 4.69) is 4.18 Å². The maximum atomic E-state index is 12.4. The van der Waals surface area contributed by atoms with Crippen LogP contribution in [0.15, 0.2) is 12.1 Å². The summed E-state index contributed by atoms with van der Waals surface area (Å²) in [6.45, 7) is 3.23. The summed E-state index contributed by atoms with van der Waals surface area (Å²) in [6, 6.07) is 1.98. The van der Waals surface area contributed by atoms with Crippen molar-refractivity contribution < 1.29 is 35.7 Å². The Morgan fingerprint density at radius 1 is 1.27 bits per heavy atom. The molecule has 0 aromatic heterocycles. The lowest BCUT2D eigenvalue weighted by molar-refractivity contribution is -0.0500. The van der Waals surface area contributed by atoms with Gasteiger partial charge in [-0.2, -0.15) is 21.6 Å². The van der Waals surface area contributed by atoms with Gasteiger partial charge in [-0.05, 0) is 18.6 Å². The molecule has 22 heavy (non-hydrogen) atoms. The van der Waals surface area contributed by atoms with E-state index in [0.29, 0.717) is 6.42 Å². The highest BCUT2D eigenvalue weighted by atomic mass is 32.2. The van der Waals surface area contributed by atoms with Crippen LogP contribution in [0.4, 0.5) is 13.2 Å². The van der Waals surface area contributed by atoms with Gasteiger partial charge in [0.05, 0.1) is 5.56 Å². The number of alkyl halides is 3. The highest BCUT2D eigenvalue weighted by Crippen LogP contribution is 2.36. The summed E-state index contributed by atoms with van der Waals surface area (Å²) in [5.41, 5.74) is -5.80. The Kier molecular flexibility index (Phi) is 5.44. The van der Waals surface area contributed by atoms with Crippen molar-refractivity contribution in [2.45, 2.75) is 38.6 Å². The van der Waals surface area contributed by atoms with Gasteiger partial charge in [-0.1, -0.05) is 20.3 Å². The molecule has 1 N–H and O–H groups in total. The molecule has 0 aliphatic rings. The first kappa shape index (κ1) is 18.3. The summed E-state index contributed by atoms with van der Waals surface area (Å²) in [5, 5.41) is 10.0. The van der Waals surface area contributed by atoms with Gasteiger partial charge >= 0.3 is 15.6 Å². The van der Waals surface area contributed by atoms with Crippen molar-refractivity contribution in [3.63, 3.8) is 0 Å². The van der Waals surface area contributed by atoms with Crippen molar-refractivity contribution in [3.8, 4) is 11.5 Å². The van der Waals surface area contributed by atoms with Crippen LogP contribution in [0.2, 0.25) is 0 Å². The molecule has 0 aliphatic carbocycles. The number of hydrogen-bond donors (Lipinski definition) is 1. The van der Waals surface area contributed by atoms with Gasteiger partial charge in [-0.25, -0.2) is 0 Å². The van der Waals surface area contributed by atoms with Crippen LogP contribution in [0.3, 0.4) is 0 Å². The molecule has 124 valence electrons. The summed E-state index contributed by atoms with van der Waals surface area (Å²) in [4.78, 5) is 11.6. The van der Waals surface area contributed by atoms with Crippen molar-refractivity contribution in [1.29, 1.82) is 0 Å². The predicted molar refractivity (Wildman–Crippen MR) is 72.3 cm³/mol. The molecule has 0 amide bonds. The van der Waals surface area contributed by atoms with Crippen LogP contribution in [0.5, 0.6) is 11.5 Å². The van der Waals surface area contributed by atoms with E-state index in [0.717, 1.165) is 12.1 Å². The molecule has 1 rings (SSSR count). The van der Waals surface area contributed by atoms with Crippen molar-refractivity contribution in [1.82, 2.24) is 0 Å². The number of Topliss-reactive ketones (excluding diaryl/α,β-unsaturated/α-hetero) is 1. The number of benzene rings is 1. The van der Waals surface area contributed by atoms with Crippen LogP contribution < -0.4 is 4.18 Å².